The van der Waals surface area contributed by atoms with Crippen LogP contribution in [0.4, 0.5) is 8.78 Å². The van der Waals surface area contributed by atoms with Gasteiger partial charge in [-0.15, -0.1) is 0 Å². The molecule has 1 amide bonds. The lowest BCUT2D eigenvalue weighted by Crippen LogP contribution is -2.19. The minimum absolute atomic E-state index is 0.122. The van der Waals surface area contributed by atoms with E-state index in [4.69, 9.17) is 0 Å². The number of aromatic amines is 1. The first-order chi connectivity index (χ1) is 7.07. The van der Waals surface area contributed by atoms with E-state index < -0.39 is 17.7 Å². The average Bonchev–Trinajstić information content (AvgIpc) is 2.82. The van der Waals surface area contributed by atoms with Gasteiger partial charge in [-0.2, -0.15) is 13.9 Å². The summed E-state index contributed by atoms with van der Waals surface area (Å²) < 4.78 is 27.1. The third-order valence-electron chi connectivity index (χ3n) is 3.21. The molecule has 2 aliphatic carbocycles. The number of amides is 1. The number of fused-ring (bicyclic) bond motifs is 3. The lowest BCUT2D eigenvalue weighted by Gasteiger charge is -2.09. The molecule has 15 heavy (non-hydrogen) atoms. The van der Waals surface area contributed by atoms with Gasteiger partial charge in [0.1, 0.15) is 5.69 Å². The van der Waals surface area contributed by atoms with Crippen LogP contribution < -0.4 is 5.32 Å². The van der Waals surface area contributed by atoms with E-state index >= 15 is 0 Å². The summed E-state index contributed by atoms with van der Waals surface area (Å²) in [5.74, 6) is -4.04. The van der Waals surface area contributed by atoms with Crippen LogP contribution in [0, 0.1) is 5.92 Å². The number of hydrogen-bond acceptors (Lipinski definition) is 2. The number of carbonyl (C=O) groups is 1. The Morgan fingerprint density at radius 1 is 1.67 bits per heavy atom. The SMILES string of the molecule is CNC(=O)c1n[nH]c2c1[C@H]1CC1C2(F)F. The third-order valence-corrected chi connectivity index (χ3v) is 3.21. The molecule has 1 unspecified atom stereocenters. The van der Waals surface area contributed by atoms with Crippen LogP contribution in [0.5, 0.6) is 0 Å². The van der Waals surface area contributed by atoms with Gasteiger partial charge in [0.2, 0.25) is 0 Å². The minimum atomic E-state index is -2.83. The van der Waals surface area contributed by atoms with E-state index in [0.717, 1.165) is 0 Å². The van der Waals surface area contributed by atoms with E-state index in [1.165, 1.54) is 7.05 Å². The van der Waals surface area contributed by atoms with E-state index in [0.29, 0.717) is 12.0 Å². The number of rotatable bonds is 1. The Morgan fingerprint density at radius 3 is 3.07 bits per heavy atom. The molecule has 1 aromatic rings. The summed E-state index contributed by atoms with van der Waals surface area (Å²) in [5, 5.41) is 8.35. The van der Waals surface area contributed by atoms with Crippen molar-refractivity contribution in [1.29, 1.82) is 0 Å². The molecule has 0 spiro atoms. The number of nitrogens with one attached hydrogen (secondary N) is 2. The van der Waals surface area contributed by atoms with Gasteiger partial charge >= 0.3 is 0 Å². The Balaban J connectivity index is 2.14. The maximum atomic E-state index is 13.6. The Hall–Kier alpha value is -1.46. The Bertz CT molecular complexity index is 454. The first-order valence-corrected chi connectivity index (χ1v) is 4.76. The fraction of sp³-hybridized carbons (Fsp3) is 0.556. The number of carbonyl (C=O) groups excluding carboxylic acids is 1. The second kappa shape index (κ2) is 2.37. The van der Waals surface area contributed by atoms with E-state index in [1.54, 1.807) is 0 Å². The zero-order valence-corrected chi connectivity index (χ0v) is 7.97. The first kappa shape index (κ1) is 8.82. The van der Waals surface area contributed by atoms with Crippen molar-refractivity contribution in [3.05, 3.63) is 17.0 Å². The van der Waals surface area contributed by atoms with Crippen molar-refractivity contribution in [2.24, 2.45) is 5.92 Å². The molecule has 2 aliphatic rings. The predicted molar refractivity (Wildman–Crippen MR) is 46.7 cm³/mol. The largest absolute Gasteiger partial charge is 0.354 e. The van der Waals surface area contributed by atoms with Gasteiger partial charge in [0.15, 0.2) is 5.69 Å². The lowest BCUT2D eigenvalue weighted by atomic mass is 10.1. The van der Waals surface area contributed by atoms with Crippen LogP contribution in [0.2, 0.25) is 0 Å². The highest BCUT2D eigenvalue weighted by Gasteiger charge is 2.66. The fourth-order valence-electron chi connectivity index (χ4n) is 2.36. The Kier molecular flexibility index (Phi) is 1.39. The summed E-state index contributed by atoms with van der Waals surface area (Å²) in [6.07, 6.45) is 0.462. The minimum Gasteiger partial charge on any atom is -0.354 e. The molecule has 0 bridgehead atoms. The van der Waals surface area contributed by atoms with Crippen molar-refractivity contribution in [1.82, 2.24) is 15.5 Å². The highest BCUT2D eigenvalue weighted by molar-refractivity contribution is 5.94. The number of alkyl halides is 2. The third kappa shape index (κ3) is 0.891. The zero-order chi connectivity index (χ0) is 10.8. The van der Waals surface area contributed by atoms with Gasteiger partial charge in [-0.05, 0) is 12.3 Å². The molecular formula is C9H9F2N3O. The van der Waals surface area contributed by atoms with E-state index in [9.17, 15) is 13.6 Å². The second-order valence-electron chi connectivity index (χ2n) is 4.01. The van der Waals surface area contributed by atoms with Gasteiger partial charge in [-0.25, -0.2) is 0 Å². The Morgan fingerprint density at radius 2 is 2.40 bits per heavy atom. The van der Waals surface area contributed by atoms with Crippen molar-refractivity contribution < 1.29 is 13.6 Å². The van der Waals surface area contributed by atoms with Gasteiger partial charge in [-0.1, -0.05) is 0 Å². The molecule has 1 heterocycles. The van der Waals surface area contributed by atoms with E-state index in [-0.39, 0.29) is 17.3 Å². The summed E-state index contributed by atoms with van der Waals surface area (Å²) in [6, 6.07) is 0. The summed E-state index contributed by atoms with van der Waals surface area (Å²) in [4.78, 5) is 11.4. The molecule has 1 aromatic heterocycles. The Labute approximate surface area is 84.0 Å². The lowest BCUT2D eigenvalue weighted by molar-refractivity contribution is -0.0268. The normalized spacial score (nSPS) is 29.5. The zero-order valence-electron chi connectivity index (χ0n) is 7.97. The van der Waals surface area contributed by atoms with Crippen LogP contribution in [0.1, 0.15) is 34.1 Å². The van der Waals surface area contributed by atoms with E-state index in [2.05, 4.69) is 15.5 Å². The molecule has 1 saturated carbocycles. The summed E-state index contributed by atoms with van der Waals surface area (Å²) in [7, 11) is 1.46. The van der Waals surface area contributed by atoms with Crippen molar-refractivity contribution in [3.8, 4) is 0 Å². The van der Waals surface area contributed by atoms with Crippen molar-refractivity contribution >= 4 is 5.91 Å². The predicted octanol–water partition coefficient (Wildman–Crippen LogP) is 0.978. The number of aromatic nitrogens is 2. The molecule has 80 valence electrons. The summed E-state index contributed by atoms with van der Waals surface area (Å²) >= 11 is 0. The average molecular weight is 213 g/mol. The van der Waals surface area contributed by atoms with Crippen LogP contribution >= 0.6 is 0 Å². The molecular weight excluding hydrogens is 204 g/mol. The first-order valence-electron chi connectivity index (χ1n) is 4.76. The molecule has 6 heteroatoms. The van der Waals surface area contributed by atoms with Gasteiger partial charge in [0, 0.05) is 18.5 Å². The highest BCUT2D eigenvalue weighted by atomic mass is 19.3. The molecule has 0 radical (unpaired) electrons. The maximum absolute atomic E-state index is 13.6. The fourth-order valence-corrected chi connectivity index (χ4v) is 2.36. The van der Waals surface area contributed by atoms with Crippen LogP contribution in [-0.2, 0) is 5.92 Å². The smallest absolute Gasteiger partial charge is 0.292 e. The molecule has 0 saturated heterocycles. The number of halogens is 2. The van der Waals surface area contributed by atoms with Gasteiger partial charge in [0.25, 0.3) is 11.8 Å². The van der Waals surface area contributed by atoms with Crippen molar-refractivity contribution in [2.45, 2.75) is 18.3 Å². The monoisotopic (exact) mass is 213 g/mol. The van der Waals surface area contributed by atoms with Gasteiger partial charge in [-0.3, -0.25) is 9.89 Å². The standard InChI is InChI=1S/C9H9F2N3O/c1-12-8(15)6-5-3-2-4(3)9(10,11)7(5)14-13-6/h3-4H,2H2,1H3,(H,12,15)(H,13,14)/t3-,4?/m0/s1. The second-order valence-corrected chi connectivity index (χ2v) is 4.01. The molecule has 0 aromatic carbocycles. The van der Waals surface area contributed by atoms with Gasteiger partial charge in [0.05, 0.1) is 0 Å². The topological polar surface area (TPSA) is 57.8 Å². The molecule has 2 atom stereocenters. The summed E-state index contributed by atoms with van der Waals surface area (Å²) in [6.45, 7) is 0. The molecule has 1 fully saturated rings. The van der Waals surface area contributed by atoms with Crippen LogP contribution in [0.25, 0.3) is 0 Å². The van der Waals surface area contributed by atoms with Crippen molar-refractivity contribution in [3.63, 3.8) is 0 Å². The number of H-pyrrole nitrogens is 1. The van der Waals surface area contributed by atoms with Crippen LogP contribution in [-0.4, -0.2) is 23.2 Å². The molecule has 4 nitrogen and oxygen atoms in total. The quantitative estimate of drug-likeness (QED) is 0.730. The van der Waals surface area contributed by atoms with Crippen molar-refractivity contribution in [2.75, 3.05) is 7.05 Å². The molecule has 2 N–H and O–H groups in total. The number of hydrogen-bond donors (Lipinski definition) is 2. The van der Waals surface area contributed by atoms with Crippen LogP contribution in [0.3, 0.4) is 0 Å². The highest BCUT2D eigenvalue weighted by Crippen LogP contribution is 2.66. The maximum Gasteiger partial charge on any atom is 0.292 e. The molecule has 3 rings (SSSR count). The van der Waals surface area contributed by atoms with Crippen LogP contribution in [0.15, 0.2) is 0 Å². The molecule has 0 aliphatic heterocycles. The summed E-state index contributed by atoms with van der Waals surface area (Å²) in [5.41, 5.74) is 0.379. The van der Waals surface area contributed by atoms with E-state index in [1.807, 2.05) is 0 Å². The van der Waals surface area contributed by atoms with Gasteiger partial charge < -0.3 is 5.32 Å². The number of nitrogens with zero attached hydrogens (tertiary/aromatic N) is 1.